The van der Waals surface area contributed by atoms with Crippen LogP contribution in [0.25, 0.3) is 0 Å². The van der Waals surface area contributed by atoms with E-state index in [2.05, 4.69) is 26.1 Å². The summed E-state index contributed by atoms with van der Waals surface area (Å²) in [4.78, 5) is 13.2. The van der Waals surface area contributed by atoms with Crippen LogP contribution in [-0.2, 0) is 4.79 Å². The number of amides is 1. The van der Waals surface area contributed by atoms with Gasteiger partial charge in [0.05, 0.1) is 6.04 Å². The molecule has 0 spiro atoms. The summed E-state index contributed by atoms with van der Waals surface area (Å²) in [5, 5.41) is 3.31. The van der Waals surface area contributed by atoms with Gasteiger partial charge in [-0.25, -0.2) is 0 Å². The Morgan fingerprint density at radius 1 is 1.50 bits per heavy atom. The Morgan fingerprint density at radius 2 is 2.08 bits per heavy atom. The van der Waals surface area contributed by atoms with Crippen LogP contribution in [-0.4, -0.2) is 36.0 Å². The minimum Gasteiger partial charge on any atom is -0.344 e. The van der Waals surface area contributed by atoms with E-state index in [1.165, 1.54) is 0 Å². The van der Waals surface area contributed by atoms with Crippen molar-refractivity contribution in [2.24, 2.45) is 0 Å². The second-order valence-corrected chi connectivity index (χ2v) is 4.50. The van der Waals surface area contributed by atoms with Crippen LogP contribution in [0.15, 0.2) is 0 Å². The van der Waals surface area contributed by atoms with Crippen molar-refractivity contribution < 1.29 is 4.79 Å². The third-order valence-corrected chi connectivity index (χ3v) is 2.03. The molecule has 0 aromatic heterocycles. The molecule has 1 fully saturated rings. The summed E-state index contributed by atoms with van der Waals surface area (Å²) in [5.74, 6) is 0.227. The van der Waals surface area contributed by atoms with Gasteiger partial charge >= 0.3 is 0 Å². The summed E-state index contributed by atoms with van der Waals surface area (Å²) in [5.41, 5.74) is 0.0332. The SMILES string of the molecule is CN1CC[C@@H](NC(C)(C)C)C1=O. The lowest BCUT2D eigenvalue weighted by Crippen LogP contribution is -2.47. The molecule has 0 aromatic carbocycles. The van der Waals surface area contributed by atoms with E-state index >= 15 is 0 Å². The largest absolute Gasteiger partial charge is 0.344 e. The molecule has 1 atom stereocenters. The van der Waals surface area contributed by atoms with E-state index in [9.17, 15) is 4.79 Å². The minimum atomic E-state index is 0.0332. The number of hydrogen-bond acceptors (Lipinski definition) is 2. The average molecular weight is 170 g/mol. The summed E-state index contributed by atoms with van der Waals surface area (Å²) >= 11 is 0. The summed E-state index contributed by atoms with van der Waals surface area (Å²) in [6.07, 6.45) is 0.937. The van der Waals surface area contributed by atoms with Gasteiger partial charge in [0, 0.05) is 19.1 Å². The number of carbonyl (C=O) groups is 1. The molecule has 0 bridgehead atoms. The normalized spacial score (nSPS) is 25.2. The molecule has 3 nitrogen and oxygen atoms in total. The summed E-state index contributed by atoms with van der Waals surface area (Å²) < 4.78 is 0. The van der Waals surface area contributed by atoms with Crippen molar-refractivity contribution in [3.8, 4) is 0 Å². The highest BCUT2D eigenvalue weighted by Gasteiger charge is 2.31. The van der Waals surface area contributed by atoms with Gasteiger partial charge in [-0.2, -0.15) is 0 Å². The van der Waals surface area contributed by atoms with Crippen LogP contribution in [0.4, 0.5) is 0 Å². The Hall–Kier alpha value is -0.570. The highest BCUT2D eigenvalue weighted by Crippen LogP contribution is 2.12. The van der Waals surface area contributed by atoms with Gasteiger partial charge in [-0.05, 0) is 27.2 Å². The predicted molar refractivity (Wildman–Crippen MR) is 48.9 cm³/mol. The number of nitrogens with one attached hydrogen (secondary N) is 1. The van der Waals surface area contributed by atoms with Crippen molar-refractivity contribution in [1.82, 2.24) is 10.2 Å². The molecule has 1 aliphatic rings. The predicted octanol–water partition coefficient (Wildman–Crippen LogP) is 0.605. The van der Waals surface area contributed by atoms with Crippen LogP contribution in [0.5, 0.6) is 0 Å². The van der Waals surface area contributed by atoms with Crippen LogP contribution in [0, 0.1) is 0 Å². The number of likely N-dealkylation sites (N-methyl/N-ethyl adjacent to an activating group) is 1. The Morgan fingerprint density at radius 3 is 2.42 bits per heavy atom. The molecule has 1 N–H and O–H groups in total. The first-order valence-electron chi connectivity index (χ1n) is 4.43. The molecule has 1 amide bonds. The van der Waals surface area contributed by atoms with Crippen molar-refractivity contribution in [3.05, 3.63) is 0 Å². The Balaban J connectivity index is 2.50. The van der Waals surface area contributed by atoms with E-state index in [1.54, 1.807) is 4.90 Å². The van der Waals surface area contributed by atoms with E-state index in [4.69, 9.17) is 0 Å². The maximum Gasteiger partial charge on any atom is 0.239 e. The first-order valence-corrected chi connectivity index (χ1v) is 4.43. The third-order valence-electron chi connectivity index (χ3n) is 2.03. The molecule has 0 unspecified atom stereocenters. The molecule has 1 rings (SSSR count). The van der Waals surface area contributed by atoms with Gasteiger partial charge in [0.15, 0.2) is 0 Å². The summed E-state index contributed by atoms with van der Waals surface area (Å²) in [6, 6.07) is 0.0370. The van der Waals surface area contributed by atoms with Crippen molar-refractivity contribution in [1.29, 1.82) is 0 Å². The number of carbonyl (C=O) groups excluding carboxylic acids is 1. The van der Waals surface area contributed by atoms with Crippen LogP contribution < -0.4 is 5.32 Å². The maximum atomic E-state index is 11.4. The second-order valence-electron chi connectivity index (χ2n) is 4.50. The number of nitrogens with zero attached hydrogens (tertiary/aromatic N) is 1. The topological polar surface area (TPSA) is 32.3 Å². The fraction of sp³-hybridized carbons (Fsp3) is 0.889. The van der Waals surface area contributed by atoms with Crippen LogP contribution in [0.1, 0.15) is 27.2 Å². The lowest BCUT2D eigenvalue weighted by atomic mass is 10.1. The molecular weight excluding hydrogens is 152 g/mol. The average Bonchev–Trinajstić information content (AvgIpc) is 2.16. The summed E-state index contributed by atoms with van der Waals surface area (Å²) in [7, 11) is 1.85. The zero-order valence-corrected chi connectivity index (χ0v) is 8.35. The van der Waals surface area contributed by atoms with Crippen molar-refractivity contribution in [3.63, 3.8) is 0 Å². The molecule has 0 aromatic rings. The minimum absolute atomic E-state index is 0.0332. The van der Waals surface area contributed by atoms with Crippen molar-refractivity contribution in [2.45, 2.75) is 38.8 Å². The van der Waals surface area contributed by atoms with Crippen LogP contribution >= 0.6 is 0 Å². The summed E-state index contributed by atoms with van der Waals surface area (Å²) in [6.45, 7) is 7.13. The van der Waals surface area contributed by atoms with E-state index < -0.39 is 0 Å². The first kappa shape index (κ1) is 9.52. The van der Waals surface area contributed by atoms with E-state index in [1.807, 2.05) is 7.05 Å². The van der Waals surface area contributed by atoms with Gasteiger partial charge in [0.25, 0.3) is 0 Å². The number of likely N-dealkylation sites (tertiary alicyclic amines) is 1. The Bertz CT molecular complexity index is 183. The molecule has 0 radical (unpaired) electrons. The zero-order chi connectivity index (χ0) is 9.35. The quantitative estimate of drug-likeness (QED) is 0.625. The van der Waals surface area contributed by atoms with Gasteiger partial charge in [-0.15, -0.1) is 0 Å². The highest BCUT2D eigenvalue weighted by molar-refractivity contribution is 5.83. The molecule has 70 valence electrons. The van der Waals surface area contributed by atoms with Gasteiger partial charge in [0.1, 0.15) is 0 Å². The first-order chi connectivity index (χ1) is 5.40. The third kappa shape index (κ3) is 2.21. The second kappa shape index (κ2) is 3.05. The van der Waals surface area contributed by atoms with Gasteiger partial charge in [-0.3, -0.25) is 4.79 Å². The molecular formula is C9H18N2O. The van der Waals surface area contributed by atoms with E-state index in [-0.39, 0.29) is 17.5 Å². The lowest BCUT2D eigenvalue weighted by molar-refractivity contribution is -0.128. The number of rotatable bonds is 1. The fourth-order valence-corrected chi connectivity index (χ4v) is 1.48. The smallest absolute Gasteiger partial charge is 0.239 e. The Labute approximate surface area is 74.1 Å². The molecule has 1 saturated heterocycles. The zero-order valence-electron chi connectivity index (χ0n) is 8.35. The molecule has 1 aliphatic heterocycles. The molecule has 1 heterocycles. The molecule has 3 heteroatoms. The van der Waals surface area contributed by atoms with Gasteiger partial charge < -0.3 is 10.2 Å². The van der Waals surface area contributed by atoms with E-state index in [0.717, 1.165) is 13.0 Å². The van der Waals surface area contributed by atoms with Gasteiger partial charge in [0.2, 0.25) is 5.91 Å². The van der Waals surface area contributed by atoms with Crippen molar-refractivity contribution in [2.75, 3.05) is 13.6 Å². The van der Waals surface area contributed by atoms with Crippen molar-refractivity contribution >= 4 is 5.91 Å². The molecule has 0 saturated carbocycles. The standard InChI is InChI=1S/C9H18N2O/c1-9(2,3)10-7-5-6-11(4)8(7)12/h7,10H,5-6H2,1-4H3/t7-/m1/s1. The van der Waals surface area contributed by atoms with Gasteiger partial charge in [-0.1, -0.05) is 0 Å². The van der Waals surface area contributed by atoms with Crippen LogP contribution in [0.3, 0.4) is 0 Å². The monoisotopic (exact) mass is 170 g/mol. The highest BCUT2D eigenvalue weighted by atomic mass is 16.2. The maximum absolute atomic E-state index is 11.4. The molecule has 12 heavy (non-hydrogen) atoms. The fourth-order valence-electron chi connectivity index (χ4n) is 1.48. The van der Waals surface area contributed by atoms with E-state index in [0.29, 0.717) is 0 Å². The van der Waals surface area contributed by atoms with Crippen LogP contribution in [0.2, 0.25) is 0 Å². The number of hydrogen-bond donors (Lipinski definition) is 1. The Kier molecular flexibility index (Phi) is 2.42. The lowest BCUT2D eigenvalue weighted by Gasteiger charge is -2.24. The molecule has 0 aliphatic carbocycles.